The predicted octanol–water partition coefficient (Wildman–Crippen LogP) is 6.06. The zero-order valence-corrected chi connectivity index (χ0v) is 16.6. The molecule has 5 nitrogen and oxygen atoms in total. The van der Waals surface area contributed by atoms with E-state index in [1.807, 2.05) is 24.3 Å². The number of halogens is 2. The molecule has 1 heterocycles. The van der Waals surface area contributed by atoms with E-state index in [4.69, 9.17) is 20.8 Å². The first kappa shape index (κ1) is 19.7. The fourth-order valence-electron chi connectivity index (χ4n) is 2.93. The summed E-state index contributed by atoms with van der Waals surface area (Å²) in [5.74, 6) is 0.664. The fourth-order valence-corrected chi connectivity index (χ4v) is 3.11. The Bertz CT molecular complexity index is 1210. The number of methoxy groups -OCH3 is 1. The molecule has 150 valence electrons. The highest BCUT2D eigenvalue weighted by atomic mass is 35.5. The van der Waals surface area contributed by atoms with Gasteiger partial charge in [0, 0.05) is 16.8 Å². The monoisotopic (exact) mass is 422 g/mol. The van der Waals surface area contributed by atoms with Gasteiger partial charge in [-0.05, 0) is 54.6 Å². The molecular formula is C23H16ClFN2O3. The molecule has 4 rings (SSSR count). The first-order valence-electron chi connectivity index (χ1n) is 9.01. The van der Waals surface area contributed by atoms with E-state index in [0.29, 0.717) is 28.5 Å². The van der Waals surface area contributed by atoms with Gasteiger partial charge in [-0.1, -0.05) is 23.7 Å². The van der Waals surface area contributed by atoms with Crippen molar-refractivity contribution >= 4 is 23.2 Å². The molecule has 4 aromatic rings. The summed E-state index contributed by atoms with van der Waals surface area (Å²) in [4.78, 5) is 17.2. The molecule has 0 aliphatic rings. The first-order valence-corrected chi connectivity index (χ1v) is 9.39. The van der Waals surface area contributed by atoms with Gasteiger partial charge in [0.1, 0.15) is 11.6 Å². The normalized spacial score (nSPS) is 10.6. The lowest BCUT2D eigenvalue weighted by molar-refractivity contribution is 0.102. The Hall–Kier alpha value is -3.64. The maximum atomic E-state index is 13.4. The van der Waals surface area contributed by atoms with Crippen molar-refractivity contribution in [1.29, 1.82) is 0 Å². The van der Waals surface area contributed by atoms with Crippen molar-refractivity contribution < 1.29 is 18.3 Å². The first-order chi connectivity index (χ1) is 14.5. The Labute approximate surface area is 177 Å². The molecule has 1 aromatic heterocycles. The van der Waals surface area contributed by atoms with E-state index in [0.717, 1.165) is 11.3 Å². The number of ether oxygens (including phenoxy) is 1. The van der Waals surface area contributed by atoms with E-state index < -0.39 is 11.7 Å². The van der Waals surface area contributed by atoms with Crippen molar-refractivity contribution in [3.05, 3.63) is 89.3 Å². The number of anilines is 1. The van der Waals surface area contributed by atoms with Crippen LogP contribution in [0.2, 0.25) is 5.02 Å². The minimum Gasteiger partial charge on any atom is -0.497 e. The van der Waals surface area contributed by atoms with Gasteiger partial charge in [-0.25, -0.2) is 9.37 Å². The van der Waals surface area contributed by atoms with Gasteiger partial charge in [0.05, 0.1) is 23.9 Å². The van der Waals surface area contributed by atoms with Crippen molar-refractivity contribution in [2.24, 2.45) is 0 Å². The second-order valence-corrected chi connectivity index (χ2v) is 6.79. The van der Waals surface area contributed by atoms with Crippen LogP contribution in [0.5, 0.6) is 5.75 Å². The molecule has 0 unspecified atom stereocenters. The number of nitrogens with zero attached hydrogens (tertiary/aromatic N) is 1. The number of benzene rings is 3. The van der Waals surface area contributed by atoms with Gasteiger partial charge >= 0.3 is 0 Å². The Morgan fingerprint density at radius 3 is 2.60 bits per heavy atom. The minimum absolute atomic E-state index is 0.0714. The lowest BCUT2D eigenvalue weighted by Gasteiger charge is -2.09. The van der Waals surface area contributed by atoms with Crippen LogP contribution in [-0.4, -0.2) is 18.0 Å². The maximum Gasteiger partial charge on any atom is 0.256 e. The second-order valence-electron chi connectivity index (χ2n) is 6.39. The third-order valence-corrected chi connectivity index (χ3v) is 4.75. The van der Waals surface area contributed by atoms with E-state index >= 15 is 0 Å². The fraction of sp³-hybridized carbons (Fsp3) is 0.0435. The third-order valence-electron chi connectivity index (χ3n) is 4.46. The molecule has 0 aliphatic carbocycles. The van der Waals surface area contributed by atoms with E-state index in [1.165, 1.54) is 18.2 Å². The van der Waals surface area contributed by atoms with Gasteiger partial charge in [-0.3, -0.25) is 4.79 Å². The molecule has 0 saturated heterocycles. The molecule has 0 radical (unpaired) electrons. The number of amides is 1. The molecule has 0 bridgehead atoms. The molecule has 0 aliphatic heterocycles. The van der Waals surface area contributed by atoms with Crippen LogP contribution in [0.4, 0.5) is 10.1 Å². The lowest BCUT2D eigenvalue weighted by atomic mass is 10.1. The molecule has 3 aromatic carbocycles. The van der Waals surface area contributed by atoms with Crippen LogP contribution in [0, 0.1) is 5.82 Å². The quantitative estimate of drug-likeness (QED) is 0.424. The van der Waals surface area contributed by atoms with Gasteiger partial charge in [-0.2, -0.15) is 0 Å². The van der Waals surface area contributed by atoms with E-state index in [2.05, 4.69) is 10.3 Å². The molecule has 7 heteroatoms. The van der Waals surface area contributed by atoms with Gasteiger partial charge in [-0.15, -0.1) is 0 Å². The Morgan fingerprint density at radius 2 is 1.87 bits per heavy atom. The van der Waals surface area contributed by atoms with E-state index in [1.54, 1.807) is 37.6 Å². The number of carbonyl (C=O) groups is 1. The number of carbonyl (C=O) groups excluding carboxylic acids is 1. The van der Waals surface area contributed by atoms with Gasteiger partial charge in [0.15, 0.2) is 5.76 Å². The summed E-state index contributed by atoms with van der Waals surface area (Å²) in [6.45, 7) is 0. The summed E-state index contributed by atoms with van der Waals surface area (Å²) in [5.41, 5.74) is 2.11. The summed E-state index contributed by atoms with van der Waals surface area (Å²) in [7, 11) is 1.60. The van der Waals surface area contributed by atoms with Crippen molar-refractivity contribution in [2.45, 2.75) is 0 Å². The summed E-state index contributed by atoms with van der Waals surface area (Å²) in [6.07, 6.45) is 1.60. The highest BCUT2D eigenvalue weighted by Crippen LogP contribution is 2.30. The highest BCUT2D eigenvalue weighted by molar-refractivity contribution is 6.31. The van der Waals surface area contributed by atoms with Crippen LogP contribution in [0.15, 0.2) is 77.3 Å². The van der Waals surface area contributed by atoms with Crippen LogP contribution < -0.4 is 10.1 Å². The zero-order chi connectivity index (χ0) is 21.1. The molecular weight excluding hydrogens is 407 g/mol. The number of hydrogen-bond acceptors (Lipinski definition) is 4. The SMILES string of the molecule is COc1ccc(-c2cnc(-c3ccccc3C(=O)Nc3ccc(F)c(Cl)c3)o2)cc1. The summed E-state index contributed by atoms with van der Waals surface area (Å²) >= 11 is 5.79. The number of oxazole rings is 1. The largest absolute Gasteiger partial charge is 0.497 e. The lowest BCUT2D eigenvalue weighted by Crippen LogP contribution is -2.13. The number of hydrogen-bond donors (Lipinski definition) is 1. The average Bonchev–Trinajstić information content (AvgIpc) is 3.26. The molecule has 0 saturated carbocycles. The van der Waals surface area contributed by atoms with Crippen molar-refractivity contribution in [3.8, 4) is 28.5 Å². The minimum atomic E-state index is -0.555. The molecule has 0 spiro atoms. The summed E-state index contributed by atoms with van der Waals surface area (Å²) < 4.78 is 24.4. The second kappa shape index (κ2) is 8.39. The summed E-state index contributed by atoms with van der Waals surface area (Å²) in [5, 5.41) is 2.64. The Kier molecular flexibility index (Phi) is 5.50. The Morgan fingerprint density at radius 1 is 1.10 bits per heavy atom. The number of rotatable bonds is 5. The zero-order valence-electron chi connectivity index (χ0n) is 15.9. The average molecular weight is 423 g/mol. The van der Waals surface area contributed by atoms with Crippen LogP contribution in [-0.2, 0) is 0 Å². The van der Waals surface area contributed by atoms with Crippen molar-refractivity contribution in [2.75, 3.05) is 12.4 Å². The van der Waals surface area contributed by atoms with Crippen LogP contribution >= 0.6 is 11.6 Å². The van der Waals surface area contributed by atoms with Gasteiger partial charge in [0.2, 0.25) is 5.89 Å². The van der Waals surface area contributed by atoms with Crippen molar-refractivity contribution in [3.63, 3.8) is 0 Å². The predicted molar refractivity (Wildman–Crippen MR) is 113 cm³/mol. The van der Waals surface area contributed by atoms with Crippen LogP contribution in [0.3, 0.4) is 0 Å². The van der Waals surface area contributed by atoms with E-state index in [9.17, 15) is 9.18 Å². The number of aromatic nitrogens is 1. The van der Waals surface area contributed by atoms with Crippen LogP contribution in [0.25, 0.3) is 22.8 Å². The summed E-state index contributed by atoms with van der Waals surface area (Å²) in [6, 6.07) is 18.3. The van der Waals surface area contributed by atoms with Crippen molar-refractivity contribution in [1.82, 2.24) is 4.98 Å². The molecule has 30 heavy (non-hydrogen) atoms. The highest BCUT2D eigenvalue weighted by Gasteiger charge is 2.17. The Balaban J connectivity index is 1.62. The maximum absolute atomic E-state index is 13.4. The van der Waals surface area contributed by atoms with E-state index in [-0.39, 0.29) is 5.02 Å². The topological polar surface area (TPSA) is 64.4 Å². The van der Waals surface area contributed by atoms with Gasteiger partial charge in [0.25, 0.3) is 5.91 Å². The smallest absolute Gasteiger partial charge is 0.256 e. The number of nitrogens with one attached hydrogen (secondary N) is 1. The van der Waals surface area contributed by atoms with Gasteiger partial charge < -0.3 is 14.5 Å². The molecule has 1 N–H and O–H groups in total. The third kappa shape index (κ3) is 4.04. The van der Waals surface area contributed by atoms with Crippen LogP contribution in [0.1, 0.15) is 10.4 Å². The molecule has 0 fully saturated rings. The standard InChI is InChI=1S/C23H16ClFN2O3/c1-29-16-9-6-14(7-10-16)21-13-26-23(30-21)18-5-3-2-4-17(18)22(28)27-15-8-11-20(25)19(24)12-15/h2-13H,1H3,(H,27,28). The molecule has 0 atom stereocenters. The molecule has 1 amide bonds.